The number of hydrogen-bond donors (Lipinski definition) is 0. The molecule has 0 radical (unpaired) electrons. The fourth-order valence-electron chi connectivity index (χ4n) is 1.54. The lowest BCUT2D eigenvalue weighted by Gasteiger charge is -2.19. The third kappa shape index (κ3) is 4.53. The Morgan fingerprint density at radius 1 is 1.17 bits per heavy atom. The average molecular weight is 169 g/mol. The summed E-state index contributed by atoms with van der Waals surface area (Å²) in [5.41, 5.74) is 0. The monoisotopic (exact) mass is 169 g/mol. The largest absolute Gasteiger partial charge is 0.301 e. The molecule has 0 aromatic carbocycles. The Hall–Kier alpha value is -0.330. The van der Waals surface area contributed by atoms with Crippen LogP contribution in [0, 0.1) is 17.8 Å². The molecule has 0 heterocycles. The summed E-state index contributed by atoms with van der Waals surface area (Å²) < 4.78 is 0. The molecule has 1 nitrogen and oxygen atoms in total. The summed E-state index contributed by atoms with van der Waals surface area (Å²) in [5.74, 6) is 2.31. The number of rotatable bonds is 5. The van der Waals surface area contributed by atoms with E-state index in [9.17, 15) is 0 Å². The molecular weight excluding hydrogens is 146 g/mol. The summed E-state index contributed by atoms with van der Waals surface area (Å²) in [6.45, 7) is 9.18. The minimum Gasteiger partial charge on any atom is -0.301 e. The molecule has 0 N–H and O–H groups in total. The van der Waals surface area contributed by atoms with Crippen molar-refractivity contribution < 1.29 is 0 Å². The summed E-state index contributed by atoms with van der Waals surface area (Å²) in [4.78, 5) is 4.05. The van der Waals surface area contributed by atoms with E-state index in [0.29, 0.717) is 5.92 Å². The molecule has 3 atom stereocenters. The van der Waals surface area contributed by atoms with Crippen LogP contribution in [0.15, 0.2) is 4.99 Å². The van der Waals surface area contributed by atoms with Crippen molar-refractivity contribution in [2.24, 2.45) is 22.7 Å². The smallest absolute Gasteiger partial charge is 0.0273 e. The molecule has 72 valence electrons. The first kappa shape index (κ1) is 11.7. The van der Waals surface area contributed by atoms with Crippen molar-refractivity contribution in [3.05, 3.63) is 0 Å². The summed E-state index contributed by atoms with van der Waals surface area (Å²) in [5, 5.41) is 0. The van der Waals surface area contributed by atoms with Gasteiger partial charge in [-0.2, -0.15) is 0 Å². The van der Waals surface area contributed by atoms with Gasteiger partial charge in [0.25, 0.3) is 0 Å². The van der Waals surface area contributed by atoms with Crippen LogP contribution < -0.4 is 0 Å². The van der Waals surface area contributed by atoms with Crippen molar-refractivity contribution in [2.45, 2.75) is 40.5 Å². The molecule has 0 aromatic rings. The Bertz CT molecular complexity index is 129. The lowest BCUT2D eigenvalue weighted by molar-refractivity contribution is 0.336. The van der Waals surface area contributed by atoms with Crippen LogP contribution in [-0.2, 0) is 0 Å². The number of nitrogens with zero attached hydrogens (tertiary/aromatic N) is 1. The molecule has 0 aliphatic heterocycles. The molecule has 2 unspecified atom stereocenters. The predicted octanol–water partition coefficient (Wildman–Crippen LogP) is 3.40. The van der Waals surface area contributed by atoms with Crippen LogP contribution in [0.25, 0.3) is 0 Å². The Kier molecular flexibility index (Phi) is 6.04. The van der Waals surface area contributed by atoms with E-state index in [2.05, 4.69) is 38.9 Å². The molecule has 1 heteroatoms. The van der Waals surface area contributed by atoms with Gasteiger partial charge in [0.15, 0.2) is 0 Å². The van der Waals surface area contributed by atoms with Crippen LogP contribution in [0.3, 0.4) is 0 Å². The standard InChI is InChI=1S/C11H23N/c1-6-10(3)11(4)7-9(2)8-12-5/h8-11H,6-7H2,1-5H3/t9-,10?,11?/m0/s1. The van der Waals surface area contributed by atoms with E-state index < -0.39 is 0 Å². The lowest BCUT2D eigenvalue weighted by atomic mass is 9.86. The molecule has 0 fully saturated rings. The summed E-state index contributed by atoms with van der Waals surface area (Å²) >= 11 is 0. The second kappa shape index (κ2) is 6.22. The molecule has 0 aliphatic rings. The minimum absolute atomic E-state index is 0.638. The summed E-state index contributed by atoms with van der Waals surface area (Å²) in [7, 11) is 1.85. The molecular formula is C11H23N. The topological polar surface area (TPSA) is 12.4 Å². The summed E-state index contributed by atoms with van der Waals surface area (Å²) in [6, 6.07) is 0. The van der Waals surface area contributed by atoms with E-state index in [1.54, 1.807) is 0 Å². The highest BCUT2D eigenvalue weighted by Gasteiger charge is 2.12. The fourth-order valence-corrected chi connectivity index (χ4v) is 1.54. The third-order valence-electron chi connectivity index (χ3n) is 2.76. The van der Waals surface area contributed by atoms with E-state index in [-0.39, 0.29) is 0 Å². The van der Waals surface area contributed by atoms with Gasteiger partial charge >= 0.3 is 0 Å². The Morgan fingerprint density at radius 2 is 1.75 bits per heavy atom. The summed E-state index contributed by atoms with van der Waals surface area (Å²) in [6.07, 6.45) is 4.61. The van der Waals surface area contributed by atoms with Gasteiger partial charge in [-0.25, -0.2) is 0 Å². The van der Waals surface area contributed by atoms with E-state index in [0.717, 1.165) is 11.8 Å². The SMILES string of the molecule is CCC(C)C(C)C[C@H](C)C=NC. The number of hydrogen-bond acceptors (Lipinski definition) is 1. The molecule has 0 spiro atoms. The van der Waals surface area contributed by atoms with Crippen LogP contribution in [0.5, 0.6) is 0 Å². The Morgan fingerprint density at radius 3 is 2.17 bits per heavy atom. The maximum atomic E-state index is 4.05. The van der Waals surface area contributed by atoms with Gasteiger partial charge < -0.3 is 4.99 Å². The van der Waals surface area contributed by atoms with Gasteiger partial charge in [0.2, 0.25) is 0 Å². The maximum absolute atomic E-state index is 4.05. The Labute approximate surface area is 77.3 Å². The van der Waals surface area contributed by atoms with Gasteiger partial charge in [0.1, 0.15) is 0 Å². The van der Waals surface area contributed by atoms with Crippen LogP contribution >= 0.6 is 0 Å². The molecule has 0 amide bonds. The van der Waals surface area contributed by atoms with Crippen LogP contribution in [-0.4, -0.2) is 13.3 Å². The average Bonchev–Trinajstić information content (AvgIpc) is 2.03. The minimum atomic E-state index is 0.638. The molecule has 0 saturated carbocycles. The second-order valence-corrected chi connectivity index (χ2v) is 3.98. The van der Waals surface area contributed by atoms with Crippen molar-refractivity contribution in [3.8, 4) is 0 Å². The Balaban J connectivity index is 3.74. The quantitative estimate of drug-likeness (QED) is 0.559. The van der Waals surface area contributed by atoms with E-state index in [1.165, 1.54) is 12.8 Å². The molecule has 0 rings (SSSR count). The molecule has 0 aliphatic carbocycles. The van der Waals surface area contributed by atoms with Gasteiger partial charge in [0.05, 0.1) is 0 Å². The zero-order valence-electron chi connectivity index (χ0n) is 9.17. The zero-order valence-corrected chi connectivity index (χ0v) is 9.17. The van der Waals surface area contributed by atoms with Crippen molar-refractivity contribution in [3.63, 3.8) is 0 Å². The highest BCUT2D eigenvalue weighted by atomic mass is 14.6. The van der Waals surface area contributed by atoms with Crippen molar-refractivity contribution in [2.75, 3.05) is 7.05 Å². The highest BCUT2D eigenvalue weighted by Crippen LogP contribution is 2.21. The van der Waals surface area contributed by atoms with Crippen LogP contribution in [0.1, 0.15) is 40.5 Å². The van der Waals surface area contributed by atoms with Crippen LogP contribution in [0.2, 0.25) is 0 Å². The van der Waals surface area contributed by atoms with E-state index in [4.69, 9.17) is 0 Å². The van der Waals surface area contributed by atoms with Crippen molar-refractivity contribution in [1.29, 1.82) is 0 Å². The zero-order chi connectivity index (χ0) is 9.56. The first-order valence-corrected chi connectivity index (χ1v) is 5.04. The molecule has 0 saturated heterocycles. The first-order chi connectivity index (χ1) is 5.61. The normalized spacial score (nSPS) is 19.4. The van der Waals surface area contributed by atoms with Crippen molar-refractivity contribution >= 4 is 6.21 Å². The van der Waals surface area contributed by atoms with Gasteiger partial charge in [0, 0.05) is 13.3 Å². The number of aliphatic imine (C=N–C) groups is 1. The van der Waals surface area contributed by atoms with Crippen LogP contribution in [0.4, 0.5) is 0 Å². The highest BCUT2D eigenvalue weighted by molar-refractivity contribution is 5.59. The van der Waals surface area contributed by atoms with Crippen molar-refractivity contribution in [1.82, 2.24) is 0 Å². The third-order valence-corrected chi connectivity index (χ3v) is 2.76. The maximum Gasteiger partial charge on any atom is 0.0273 e. The molecule has 0 bridgehead atoms. The van der Waals surface area contributed by atoms with Gasteiger partial charge in [-0.1, -0.05) is 34.1 Å². The van der Waals surface area contributed by atoms with E-state index >= 15 is 0 Å². The fraction of sp³-hybridized carbons (Fsp3) is 0.909. The molecule has 0 aromatic heterocycles. The second-order valence-electron chi connectivity index (χ2n) is 3.98. The lowest BCUT2D eigenvalue weighted by Crippen LogP contribution is -2.11. The molecule has 12 heavy (non-hydrogen) atoms. The van der Waals surface area contributed by atoms with Gasteiger partial charge in [-0.3, -0.25) is 0 Å². The van der Waals surface area contributed by atoms with Gasteiger partial charge in [-0.05, 0) is 24.2 Å². The van der Waals surface area contributed by atoms with Gasteiger partial charge in [-0.15, -0.1) is 0 Å². The first-order valence-electron chi connectivity index (χ1n) is 5.04. The van der Waals surface area contributed by atoms with E-state index in [1.807, 2.05) is 7.05 Å². The predicted molar refractivity (Wildman–Crippen MR) is 56.8 cm³/mol.